The first-order chi connectivity index (χ1) is 14.5. The number of piperidine rings is 1. The average molecular weight is 459 g/mol. The number of primary amides is 1. The first kappa shape index (κ1) is 24.2. The molecular weight excluding hydrogens is 420 g/mol. The number of rotatable bonds is 8. The van der Waals surface area contributed by atoms with Gasteiger partial charge in [-0.15, -0.1) is 0 Å². The van der Waals surface area contributed by atoms with Crippen molar-refractivity contribution in [2.24, 2.45) is 5.73 Å². The average Bonchev–Trinajstić information content (AvgIpc) is 2.91. The first-order valence-corrected chi connectivity index (χ1v) is 13.1. The molecule has 0 aromatic carbocycles. The SMILES string of the molecule is CN(C)C(=O)N1CCN(CCN(CCN2[C@H]3CCC[C@]2(C(N)=O)CC3)S(C)(=O)=O)CC1. The van der Waals surface area contributed by atoms with Crippen LogP contribution in [-0.4, -0.2) is 129 Å². The number of nitrogens with two attached hydrogens (primary N) is 1. The van der Waals surface area contributed by atoms with E-state index in [0.29, 0.717) is 45.3 Å². The Balaban J connectivity index is 1.54. The topological polar surface area (TPSA) is 110 Å². The number of amides is 3. The van der Waals surface area contributed by atoms with Gasteiger partial charge in [0.15, 0.2) is 0 Å². The van der Waals surface area contributed by atoms with Gasteiger partial charge in [-0.25, -0.2) is 13.2 Å². The van der Waals surface area contributed by atoms with Crippen LogP contribution in [0.25, 0.3) is 0 Å². The highest BCUT2D eigenvalue weighted by Crippen LogP contribution is 2.43. The van der Waals surface area contributed by atoms with Crippen molar-refractivity contribution in [1.29, 1.82) is 0 Å². The fourth-order valence-corrected chi connectivity index (χ4v) is 6.23. The van der Waals surface area contributed by atoms with Crippen LogP contribution in [0.3, 0.4) is 0 Å². The van der Waals surface area contributed by atoms with Crippen LogP contribution in [0.4, 0.5) is 4.79 Å². The Bertz CT molecular complexity index is 764. The molecule has 3 saturated heterocycles. The molecule has 3 amide bonds. The number of carbonyl (C=O) groups excluding carboxylic acids is 2. The minimum atomic E-state index is -3.36. The van der Waals surface area contributed by atoms with Crippen LogP contribution >= 0.6 is 0 Å². The maximum Gasteiger partial charge on any atom is 0.319 e. The van der Waals surface area contributed by atoms with Crippen LogP contribution in [0.2, 0.25) is 0 Å². The summed E-state index contributed by atoms with van der Waals surface area (Å²) in [5.41, 5.74) is 5.18. The second-order valence-electron chi connectivity index (χ2n) is 9.34. The van der Waals surface area contributed by atoms with Gasteiger partial charge in [-0.1, -0.05) is 0 Å². The molecule has 0 unspecified atom stereocenters. The summed E-state index contributed by atoms with van der Waals surface area (Å²) < 4.78 is 26.4. The standard InChI is InChI=1S/C20H38N6O4S/c1-22(2)19(28)24-12-9-23(10-13-24)11-14-25(31(3,29)30)15-16-26-17-5-4-7-20(26,8-6-17)18(21)27/h17H,4-16H2,1-3H3,(H2,21,27)/t17-,20+/m0/s1. The molecule has 0 radical (unpaired) electrons. The van der Waals surface area contributed by atoms with Gasteiger partial charge < -0.3 is 15.5 Å². The summed E-state index contributed by atoms with van der Waals surface area (Å²) in [5.74, 6) is -0.272. The molecule has 0 aromatic heterocycles. The zero-order chi connectivity index (χ0) is 22.8. The van der Waals surface area contributed by atoms with Crippen LogP contribution < -0.4 is 5.73 Å². The lowest BCUT2D eigenvalue weighted by atomic mass is 9.87. The van der Waals surface area contributed by atoms with Crippen molar-refractivity contribution in [2.45, 2.75) is 43.7 Å². The summed E-state index contributed by atoms with van der Waals surface area (Å²) in [6.45, 7) is 4.69. The Kier molecular flexibility index (Phi) is 7.50. The van der Waals surface area contributed by atoms with Crippen molar-refractivity contribution >= 4 is 22.0 Å². The molecule has 3 fully saturated rings. The number of carbonyl (C=O) groups is 2. The Morgan fingerprint density at radius 3 is 2.26 bits per heavy atom. The predicted octanol–water partition coefficient (Wildman–Crippen LogP) is -0.580. The zero-order valence-corrected chi connectivity index (χ0v) is 19.9. The molecule has 0 spiro atoms. The smallest absolute Gasteiger partial charge is 0.319 e. The Morgan fingerprint density at radius 1 is 1.03 bits per heavy atom. The third kappa shape index (κ3) is 5.32. The van der Waals surface area contributed by atoms with Crippen molar-refractivity contribution in [3.63, 3.8) is 0 Å². The van der Waals surface area contributed by atoms with Gasteiger partial charge in [-0.2, -0.15) is 4.31 Å². The van der Waals surface area contributed by atoms with Crippen molar-refractivity contribution in [1.82, 2.24) is 23.9 Å². The lowest BCUT2D eigenvalue weighted by Crippen LogP contribution is -2.59. The largest absolute Gasteiger partial charge is 0.368 e. The number of hydrogen-bond acceptors (Lipinski definition) is 6. The number of fused-ring (bicyclic) bond motifs is 2. The van der Waals surface area contributed by atoms with Gasteiger partial charge in [-0.05, 0) is 32.1 Å². The second kappa shape index (κ2) is 9.60. The molecule has 3 heterocycles. The summed E-state index contributed by atoms with van der Waals surface area (Å²) >= 11 is 0. The minimum Gasteiger partial charge on any atom is -0.368 e. The summed E-state index contributed by atoms with van der Waals surface area (Å²) in [4.78, 5) is 32.1. The molecule has 31 heavy (non-hydrogen) atoms. The monoisotopic (exact) mass is 458 g/mol. The van der Waals surface area contributed by atoms with Crippen LogP contribution in [0, 0.1) is 0 Å². The molecule has 0 saturated carbocycles. The lowest BCUT2D eigenvalue weighted by molar-refractivity contribution is -0.131. The summed E-state index contributed by atoms with van der Waals surface area (Å²) in [6, 6.07) is 0.335. The highest BCUT2D eigenvalue weighted by atomic mass is 32.2. The van der Waals surface area contributed by atoms with Gasteiger partial charge in [0.2, 0.25) is 15.9 Å². The zero-order valence-electron chi connectivity index (χ0n) is 19.1. The van der Waals surface area contributed by atoms with Crippen molar-refractivity contribution in [3.05, 3.63) is 0 Å². The van der Waals surface area contributed by atoms with Gasteiger partial charge in [0.1, 0.15) is 5.54 Å². The van der Waals surface area contributed by atoms with Gasteiger partial charge in [0.05, 0.1) is 6.26 Å². The molecule has 10 nitrogen and oxygen atoms in total. The van der Waals surface area contributed by atoms with Gasteiger partial charge in [0, 0.05) is 72.5 Å². The summed E-state index contributed by atoms with van der Waals surface area (Å²) in [5, 5.41) is 0. The van der Waals surface area contributed by atoms with E-state index in [2.05, 4.69) is 9.80 Å². The van der Waals surface area contributed by atoms with E-state index in [4.69, 9.17) is 5.73 Å². The number of sulfonamides is 1. The Morgan fingerprint density at radius 2 is 1.68 bits per heavy atom. The molecule has 0 aromatic rings. The third-order valence-corrected chi connectivity index (χ3v) is 8.52. The molecule has 178 valence electrons. The molecule has 3 aliphatic rings. The van der Waals surface area contributed by atoms with Crippen molar-refractivity contribution in [3.8, 4) is 0 Å². The van der Waals surface area contributed by atoms with Gasteiger partial charge in [0.25, 0.3) is 0 Å². The fraction of sp³-hybridized carbons (Fsp3) is 0.900. The van der Waals surface area contributed by atoms with Gasteiger partial charge in [-0.3, -0.25) is 14.6 Å². The molecule has 3 rings (SSSR count). The number of urea groups is 1. The normalized spacial score (nSPS) is 27.6. The van der Waals surface area contributed by atoms with Crippen LogP contribution in [0.5, 0.6) is 0 Å². The van der Waals surface area contributed by atoms with E-state index in [1.165, 1.54) is 10.6 Å². The van der Waals surface area contributed by atoms with Crippen molar-refractivity contribution < 1.29 is 18.0 Å². The number of nitrogens with zero attached hydrogens (tertiary/aromatic N) is 5. The third-order valence-electron chi connectivity index (χ3n) is 7.22. The Hall–Kier alpha value is -1.43. The van der Waals surface area contributed by atoms with Gasteiger partial charge >= 0.3 is 6.03 Å². The predicted molar refractivity (Wildman–Crippen MR) is 119 cm³/mol. The van der Waals surface area contributed by atoms with E-state index in [1.807, 2.05) is 4.90 Å². The molecule has 3 aliphatic heterocycles. The fourth-order valence-electron chi connectivity index (χ4n) is 5.40. The molecule has 0 aliphatic carbocycles. The number of piperazine rings is 1. The summed E-state index contributed by atoms with van der Waals surface area (Å²) in [6.07, 6.45) is 5.80. The maximum atomic E-state index is 12.4. The van der Waals surface area contributed by atoms with Crippen LogP contribution in [0.1, 0.15) is 32.1 Å². The summed E-state index contributed by atoms with van der Waals surface area (Å²) in [7, 11) is 0.127. The molecular formula is C20H38N6O4S. The number of hydrogen-bond donors (Lipinski definition) is 1. The van der Waals surface area contributed by atoms with Crippen LogP contribution in [-0.2, 0) is 14.8 Å². The van der Waals surface area contributed by atoms with E-state index in [1.54, 1.807) is 19.0 Å². The molecule has 2 bridgehead atoms. The van der Waals surface area contributed by atoms with E-state index >= 15 is 0 Å². The van der Waals surface area contributed by atoms with E-state index < -0.39 is 15.6 Å². The molecule has 2 atom stereocenters. The highest BCUT2D eigenvalue weighted by molar-refractivity contribution is 7.88. The Labute approximate surface area is 186 Å². The molecule has 11 heteroatoms. The maximum absolute atomic E-state index is 12.4. The van der Waals surface area contributed by atoms with E-state index in [9.17, 15) is 18.0 Å². The van der Waals surface area contributed by atoms with Crippen molar-refractivity contribution in [2.75, 3.05) is 72.7 Å². The minimum absolute atomic E-state index is 0.0111. The first-order valence-electron chi connectivity index (χ1n) is 11.2. The van der Waals surface area contributed by atoms with Crippen LogP contribution in [0.15, 0.2) is 0 Å². The molecule has 2 N–H and O–H groups in total. The lowest BCUT2D eigenvalue weighted by Gasteiger charge is -2.43. The second-order valence-corrected chi connectivity index (χ2v) is 11.3. The highest BCUT2D eigenvalue weighted by Gasteiger charge is 2.52. The van der Waals surface area contributed by atoms with E-state index in [-0.39, 0.29) is 11.9 Å². The quantitative estimate of drug-likeness (QED) is 0.521. The van der Waals surface area contributed by atoms with E-state index in [0.717, 1.165) is 45.2 Å².